The van der Waals surface area contributed by atoms with Gasteiger partial charge in [-0.25, -0.2) is 9.67 Å². The molecule has 0 atom stereocenters. The number of carbonyl (C=O) groups excluding carboxylic acids is 1. The van der Waals surface area contributed by atoms with Crippen LogP contribution in [0.25, 0.3) is 10.9 Å². The summed E-state index contributed by atoms with van der Waals surface area (Å²) >= 11 is 1.25. The van der Waals surface area contributed by atoms with E-state index in [0.29, 0.717) is 28.4 Å². The van der Waals surface area contributed by atoms with E-state index in [2.05, 4.69) is 10.4 Å². The lowest BCUT2D eigenvalue weighted by Crippen LogP contribution is -2.25. The molecule has 8 heteroatoms. The van der Waals surface area contributed by atoms with Crippen molar-refractivity contribution in [1.29, 1.82) is 0 Å². The molecule has 0 spiro atoms. The molecule has 1 amide bonds. The summed E-state index contributed by atoms with van der Waals surface area (Å²) in [6.07, 6.45) is 1.66. The maximum atomic E-state index is 13.2. The first kappa shape index (κ1) is 21.8. The molecule has 0 fully saturated rings. The van der Waals surface area contributed by atoms with E-state index in [-0.39, 0.29) is 23.3 Å². The summed E-state index contributed by atoms with van der Waals surface area (Å²) in [7, 11) is 0. The Labute approximate surface area is 190 Å². The second-order valence-corrected chi connectivity index (χ2v) is 8.82. The fourth-order valence-electron chi connectivity index (χ4n) is 3.41. The molecule has 4 rings (SSSR count). The van der Waals surface area contributed by atoms with E-state index in [0.717, 1.165) is 11.1 Å². The number of nitrogens with one attached hydrogen (secondary N) is 1. The van der Waals surface area contributed by atoms with Gasteiger partial charge in [0.25, 0.3) is 5.56 Å². The Morgan fingerprint density at radius 2 is 1.84 bits per heavy atom. The van der Waals surface area contributed by atoms with Crippen LogP contribution < -0.4 is 10.9 Å². The number of amides is 1. The minimum absolute atomic E-state index is 0.114. The maximum Gasteiger partial charge on any atom is 0.262 e. The Balaban J connectivity index is 1.60. The van der Waals surface area contributed by atoms with Gasteiger partial charge in [0.1, 0.15) is 5.82 Å². The average molecular weight is 448 g/mol. The molecular formula is C24H25N5O2S. The van der Waals surface area contributed by atoms with Crippen LogP contribution in [0.3, 0.4) is 0 Å². The predicted molar refractivity (Wildman–Crippen MR) is 128 cm³/mol. The minimum Gasteiger partial charge on any atom is -0.310 e. The third-order valence-electron chi connectivity index (χ3n) is 5.05. The lowest BCUT2D eigenvalue weighted by Gasteiger charge is -2.14. The van der Waals surface area contributed by atoms with Gasteiger partial charge in [-0.3, -0.25) is 14.2 Å². The van der Waals surface area contributed by atoms with Gasteiger partial charge in [-0.1, -0.05) is 53.7 Å². The molecule has 0 saturated carbocycles. The number of nitrogens with zero attached hydrogens (tertiary/aromatic N) is 4. The summed E-state index contributed by atoms with van der Waals surface area (Å²) in [6, 6.07) is 17.2. The summed E-state index contributed by atoms with van der Waals surface area (Å²) in [5, 5.41) is 8.21. The maximum absolute atomic E-state index is 13.2. The average Bonchev–Trinajstić information content (AvgIpc) is 3.24. The van der Waals surface area contributed by atoms with Crippen molar-refractivity contribution in [3.05, 3.63) is 82.3 Å². The number of aromatic nitrogens is 4. The molecular weight excluding hydrogens is 422 g/mol. The van der Waals surface area contributed by atoms with Crippen LogP contribution in [-0.2, 0) is 11.3 Å². The zero-order valence-electron chi connectivity index (χ0n) is 18.3. The normalized spacial score (nSPS) is 11.2. The number of fused-ring (bicyclic) bond motifs is 1. The largest absolute Gasteiger partial charge is 0.310 e. The lowest BCUT2D eigenvalue weighted by molar-refractivity contribution is -0.113. The summed E-state index contributed by atoms with van der Waals surface area (Å²) in [5.41, 5.74) is 2.67. The summed E-state index contributed by atoms with van der Waals surface area (Å²) < 4.78 is 3.40. The Morgan fingerprint density at radius 1 is 1.09 bits per heavy atom. The highest BCUT2D eigenvalue weighted by molar-refractivity contribution is 7.99. The van der Waals surface area contributed by atoms with Crippen LogP contribution in [-0.4, -0.2) is 31.0 Å². The van der Waals surface area contributed by atoms with E-state index in [1.165, 1.54) is 11.8 Å². The van der Waals surface area contributed by atoms with Crippen LogP contribution >= 0.6 is 11.8 Å². The number of aryl methyl sites for hydroxylation is 1. The van der Waals surface area contributed by atoms with E-state index in [1.54, 1.807) is 27.6 Å². The summed E-state index contributed by atoms with van der Waals surface area (Å²) in [5.74, 6) is 0.595. The van der Waals surface area contributed by atoms with Crippen LogP contribution in [0.15, 0.2) is 70.7 Å². The van der Waals surface area contributed by atoms with Gasteiger partial charge in [-0.2, -0.15) is 5.10 Å². The Hall–Kier alpha value is -3.39. The monoisotopic (exact) mass is 447 g/mol. The van der Waals surface area contributed by atoms with Crippen molar-refractivity contribution >= 4 is 34.4 Å². The topological polar surface area (TPSA) is 81.8 Å². The van der Waals surface area contributed by atoms with Crippen molar-refractivity contribution in [3.8, 4) is 0 Å². The van der Waals surface area contributed by atoms with Crippen molar-refractivity contribution < 1.29 is 4.79 Å². The molecule has 0 bridgehead atoms. The van der Waals surface area contributed by atoms with Gasteiger partial charge in [0.05, 0.1) is 29.4 Å². The van der Waals surface area contributed by atoms with Gasteiger partial charge < -0.3 is 5.32 Å². The molecule has 2 aromatic carbocycles. The van der Waals surface area contributed by atoms with Gasteiger partial charge in [0, 0.05) is 12.1 Å². The molecule has 0 radical (unpaired) electrons. The number of para-hydroxylation sites is 1. The molecule has 1 N–H and O–H groups in total. The molecule has 0 aliphatic heterocycles. The zero-order valence-corrected chi connectivity index (χ0v) is 19.1. The van der Waals surface area contributed by atoms with Crippen LogP contribution in [0.4, 0.5) is 5.82 Å². The van der Waals surface area contributed by atoms with E-state index in [1.807, 2.05) is 63.2 Å². The van der Waals surface area contributed by atoms with Crippen molar-refractivity contribution in [2.45, 2.75) is 38.5 Å². The molecule has 0 aliphatic rings. The van der Waals surface area contributed by atoms with Gasteiger partial charge in [-0.15, -0.1) is 0 Å². The van der Waals surface area contributed by atoms with Crippen molar-refractivity contribution in [2.75, 3.05) is 11.1 Å². The van der Waals surface area contributed by atoms with Gasteiger partial charge in [0.2, 0.25) is 5.91 Å². The van der Waals surface area contributed by atoms with E-state index < -0.39 is 0 Å². The second kappa shape index (κ2) is 9.40. The molecule has 164 valence electrons. The molecule has 0 saturated heterocycles. The molecule has 32 heavy (non-hydrogen) atoms. The predicted octanol–water partition coefficient (Wildman–Crippen LogP) is 4.26. The SMILES string of the molecule is Cc1ccc(Cn2c(SCC(=O)Nc3ccnn3C(C)C)nc3ccccc3c2=O)cc1. The van der Waals surface area contributed by atoms with E-state index in [9.17, 15) is 9.59 Å². The quantitative estimate of drug-likeness (QED) is 0.338. The van der Waals surface area contributed by atoms with E-state index in [4.69, 9.17) is 4.98 Å². The van der Waals surface area contributed by atoms with Gasteiger partial charge >= 0.3 is 0 Å². The first-order chi connectivity index (χ1) is 15.4. The van der Waals surface area contributed by atoms with Gasteiger partial charge in [-0.05, 0) is 38.5 Å². The molecule has 0 unspecified atom stereocenters. The molecule has 4 aromatic rings. The third kappa shape index (κ3) is 4.75. The zero-order chi connectivity index (χ0) is 22.7. The number of anilines is 1. The molecule has 2 heterocycles. The molecule has 7 nitrogen and oxygen atoms in total. The molecule has 2 aromatic heterocycles. The Morgan fingerprint density at radius 3 is 2.59 bits per heavy atom. The summed E-state index contributed by atoms with van der Waals surface area (Å²) in [6.45, 7) is 6.42. The Kier molecular flexibility index (Phi) is 6.41. The standard InChI is InChI=1S/C24H25N5O2S/c1-16(2)29-21(12-13-25-29)27-22(30)15-32-24-26-20-7-5-4-6-19(20)23(31)28(24)14-18-10-8-17(3)9-11-18/h4-13,16H,14-15H2,1-3H3,(H,27,30). The summed E-state index contributed by atoms with van der Waals surface area (Å²) in [4.78, 5) is 30.6. The van der Waals surface area contributed by atoms with Crippen LogP contribution in [0.1, 0.15) is 31.0 Å². The highest BCUT2D eigenvalue weighted by Gasteiger charge is 2.15. The minimum atomic E-state index is -0.179. The smallest absolute Gasteiger partial charge is 0.262 e. The van der Waals surface area contributed by atoms with Crippen molar-refractivity contribution in [3.63, 3.8) is 0 Å². The lowest BCUT2D eigenvalue weighted by atomic mass is 10.1. The first-order valence-corrected chi connectivity index (χ1v) is 11.4. The third-order valence-corrected chi connectivity index (χ3v) is 6.02. The number of thioether (sulfide) groups is 1. The second-order valence-electron chi connectivity index (χ2n) is 7.88. The Bertz CT molecular complexity index is 1310. The van der Waals surface area contributed by atoms with Crippen LogP contribution in [0, 0.1) is 6.92 Å². The van der Waals surface area contributed by atoms with Crippen molar-refractivity contribution in [2.24, 2.45) is 0 Å². The number of benzene rings is 2. The number of hydrogen-bond acceptors (Lipinski definition) is 5. The highest BCUT2D eigenvalue weighted by Crippen LogP contribution is 2.20. The van der Waals surface area contributed by atoms with Crippen LogP contribution in [0.2, 0.25) is 0 Å². The number of carbonyl (C=O) groups is 1. The fourth-order valence-corrected chi connectivity index (χ4v) is 4.21. The molecule has 0 aliphatic carbocycles. The first-order valence-electron chi connectivity index (χ1n) is 10.4. The van der Waals surface area contributed by atoms with Crippen molar-refractivity contribution in [1.82, 2.24) is 19.3 Å². The number of rotatable bonds is 7. The van der Waals surface area contributed by atoms with Gasteiger partial charge in [0.15, 0.2) is 5.16 Å². The fraction of sp³-hybridized carbons (Fsp3) is 0.250. The number of hydrogen-bond donors (Lipinski definition) is 1. The highest BCUT2D eigenvalue weighted by atomic mass is 32.2. The van der Waals surface area contributed by atoms with E-state index >= 15 is 0 Å². The van der Waals surface area contributed by atoms with Crippen LogP contribution in [0.5, 0.6) is 0 Å².